The lowest BCUT2D eigenvalue weighted by Gasteiger charge is -2.15. The molecule has 0 aliphatic heterocycles. The molecule has 1 heterocycles. The van der Waals surface area contributed by atoms with Crippen LogP contribution in [0.3, 0.4) is 0 Å². The van der Waals surface area contributed by atoms with Crippen LogP contribution >= 0.6 is 23.7 Å². The van der Waals surface area contributed by atoms with Gasteiger partial charge in [-0.05, 0) is 38.0 Å². The lowest BCUT2D eigenvalue weighted by Crippen LogP contribution is -2.27. The number of carbonyl (C=O) groups excluding carboxylic acids is 1. The summed E-state index contributed by atoms with van der Waals surface area (Å²) in [6, 6.07) is 0.257. The fraction of sp³-hybridized carbons (Fsp3) is 0.750. The van der Waals surface area contributed by atoms with Gasteiger partial charge in [0.2, 0.25) is 5.91 Å². The highest BCUT2D eigenvalue weighted by atomic mass is 35.5. The minimum atomic E-state index is 0. The second-order valence-electron chi connectivity index (χ2n) is 6.50. The predicted molar refractivity (Wildman–Crippen MR) is 93.8 cm³/mol. The molecule has 0 unspecified atom stereocenters. The van der Waals surface area contributed by atoms with Crippen molar-refractivity contribution in [1.29, 1.82) is 0 Å². The van der Waals surface area contributed by atoms with Crippen molar-refractivity contribution in [2.45, 2.75) is 70.3 Å². The average molecular weight is 344 g/mol. The maximum absolute atomic E-state index is 12.2. The minimum Gasteiger partial charge on any atom is -0.327 e. The van der Waals surface area contributed by atoms with Crippen LogP contribution in [0, 0.1) is 5.92 Å². The van der Waals surface area contributed by atoms with Crippen molar-refractivity contribution >= 4 is 34.8 Å². The van der Waals surface area contributed by atoms with Gasteiger partial charge < -0.3 is 11.1 Å². The molecule has 1 amide bonds. The third-order valence-corrected chi connectivity index (χ3v) is 5.71. The zero-order chi connectivity index (χ0) is 14.7. The molecular weight excluding hydrogens is 318 g/mol. The summed E-state index contributed by atoms with van der Waals surface area (Å²) in [5, 5.41) is 3.78. The molecule has 0 saturated heterocycles. The molecule has 6 heteroatoms. The first-order valence-corrected chi connectivity index (χ1v) is 9.06. The summed E-state index contributed by atoms with van der Waals surface area (Å²) < 4.78 is 0. The highest BCUT2D eigenvalue weighted by molar-refractivity contribution is 7.15. The predicted octanol–water partition coefficient (Wildman–Crippen LogP) is 3.68. The summed E-state index contributed by atoms with van der Waals surface area (Å²) in [6.45, 7) is 0. The van der Waals surface area contributed by atoms with Crippen molar-refractivity contribution in [3.63, 3.8) is 0 Å². The van der Waals surface area contributed by atoms with E-state index in [2.05, 4.69) is 10.3 Å². The van der Waals surface area contributed by atoms with E-state index in [1.807, 2.05) is 0 Å². The van der Waals surface area contributed by atoms with Gasteiger partial charge in [0, 0.05) is 17.3 Å². The molecule has 124 valence electrons. The number of aryl methyl sites for hydroxylation is 1. The zero-order valence-electron chi connectivity index (χ0n) is 13.0. The zero-order valence-corrected chi connectivity index (χ0v) is 14.6. The topological polar surface area (TPSA) is 68.0 Å². The number of nitrogens with zero attached hydrogens (tertiary/aromatic N) is 1. The second kappa shape index (κ2) is 8.27. The molecule has 0 aromatic carbocycles. The van der Waals surface area contributed by atoms with Crippen LogP contribution in [0.25, 0.3) is 0 Å². The molecule has 0 bridgehead atoms. The second-order valence-corrected chi connectivity index (χ2v) is 7.59. The van der Waals surface area contributed by atoms with Crippen LogP contribution in [0.4, 0.5) is 5.13 Å². The number of hydrogen-bond donors (Lipinski definition) is 2. The SMILES string of the molecule is Cl.N[C@H]1CCc2nc(NC(=O)CC3CCCCCC3)sc2C1. The normalized spacial score (nSPS) is 22.3. The molecular formula is C16H26ClN3OS. The van der Waals surface area contributed by atoms with E-state index in [1.54, 1.807) is 11.3 Å². The van der Waals surface area contributed by atoms with Gasteiger partial charge in [-0.2, -0.15) is 0 Å². The molecule has 2 aliphatic carbocycles. The molecule has 1 aromatic heterocycles. The van der Waals surface area contributed by atoms with Gasteiger partial charge in [0.25, 0.3) is 0 Å². The number of aromatic nitrogens is 1. The number of thiazole rings is 1. The molecule has 22 heavy (non-hydrogen) atoms. The number of amides is 1. The Morgan fingerprint density at radius 2 is 1.95 bits per heavy atom. The standard InChI is InChI=1S/C16H25N3OS.ClH/c17-12-7-8-13-14(10-12)21-16(18-13)19-15(20)9-11-5-3-1-2-4-6-11;/h11-12H,1-10,17H2,(H,18,19,20);1H/t12-;/m0./s1. The third kappa shape index (κ3) is 4.67. The van der Waals surface area contributed by atoms with Crippen LogP contribution in [0.15, 0.2) is 0 Å². The summed E-state index contributed by atoms with van der Waals surface area (Å²) in [4.78, 5) is 18.0. The molecule has 4 nitrogen and oxygen atoms in total. The van der Waals surface area contributed by atoms with E-state index in [4.69, 9.17) is 5.73 Å². The van der Waals surface area contributed by atoms with Crippen LogP contribution in [0.1, 0.15) is 61.9 Å². The Morgan fingerprint density at radius 3 is 2.68 bits per heavy atom. The van der Waals surface area contributed by atoms with Gasteiger partial charge >= 0.3 is 0 Å². The number of halogens is 1. The van der Waals surface area contributed by atoms with E-state index >= 15 is 0 Å². The van der Waals surface area contributed by atoms with E-state index in [0.29, 0.717) is 12.3 Å². The number of fused-ring (bicyclic) bond motifs is 1. The quantitative estimate of drug-likeness (QED) is 0.822. The Bertz CT molecular complexity index is 498. The average Bonchev–Trinajstić information content (AvgIpc) is 2.66. The molecule has 1 saturated carbocycles. The Hall–Kier alpha value is -0.650. The Balaban J connectivity index is 0.00000176. The summed E-state index contributed by atoms with van der Waals surface area (Å²) in [5.74, 6) is 0.702. The van der Waals surface area contributed by atoms with Crippen molar-refractivity contribution in [2.75, 3.05) is 5.32 Å². The van der Waals surface area contributed by atoms with Gasteiger partial charge in [0.1, 0.15) is 0 Å². The monoisotopic (exact) mass is 343 g/mol. The van der Waals surface area contributed by atoms with Crippen LogP contribution in [0.2, 0.25) is 0 Å². The Morgan fingerprint density at radius 1 is 1.23 bits per heavy atom. The Labute approximate surface area is 142 Å². The van der Waals surface area contributed by atoms with E-state index in [0.717, 1.165) is 30.1 Å². The molecule has 1 fully saturated rings. The first-order chi connectivity index (χ1) is 10.2. The van der Waals surface area contributed by atoms with E-state index < -0.39 is 0 Å². The summed E-state index contributed by atoms with van der Waals surface area (Å²) >= 11 is 1.61. The molecule has 1 aromatic rings. The first-order valence-electron chi connectivity index (χ1n) is 8.24. The summed E-state index contributed by atoms with van der Waals surface area (Å²) in [7, 11) is 0. The maximum Gasteiger partial charge on any atom is 0.226 e. The molecule has 3 rings (SSSR count). The van der Waals surface area contributed by atoms with Gasteiger partial charge in [-0.3, -0.25) is 4.79 Å². The number of rotatable bonds is 3. The van der Waals surface area contributed by atoms with Crippen molar-refractivity contribution < 1.29 is 4.79 Å². The van der Waals surface area contributed by atoms with Crippen molar-refractivity contribution in [1.82, 2.24) is 4.98 Å². The lowest BCUT2D eigenvalue weighted by atomic mass is 9.96. The maximum atomic E-state index is 12.2. The van der Waals surface area contributed by atoms with Crippen LogP contribution < -0.4 is 11.1 Å². The van der Waals surface area contributed by atoms with Crippen molar-refractivity contribution in [3.8, 4) is 0 Å². The molecule has 0 radical (unpaired) electrons. The number of nitrogens with one attached hydrogen (secondary N) is 1. The van der Waals surface area contributed by atoms with Crippen molar-refractivity contribution in [3.05, 3.63) is 10.6 Å². The summed E-state index contributed by atoms with van der Waals surface area (Å²) in [5.41, 5.74) is 7.13. The van der Waals surface area contributed by atoms with E-state index in [1.165, 1.54) is 43.4 Å². The van der Waals surface area contributed by atoms with Crippen LogP contribution in [0.5, 0.6) is 0 Å². The largest absolute Gasteiger partial charge is 0.327 e. The fourth-order valence-corrected chi connectivity index (χ4v) is 4.57. The van der Waals surface area contributed by atoms with Gasteiger partial charge in [0.05, 0.1) is 5.69 Å². The van der Waals surface area contributed by atoms with Crippen LogP contribution in [-0.4, -0.2) is 16.9 Å². The van der Waals surface area contributed by atoms with Gasteiger partial charge in [-0.15, -0.1) is 23.7 Å². The number of carbonyl (C=O) groups is 1. The highest BCUT2D eigenvalue weighted by Crippen LogP contribution is 2.30. The van der Waals surface area contributed by atoms with Gasteiger partial charge in [0.15, 0.2) is 5.13 Å². The minimum absolute atomic E-state index is 0. The van der Waals surface area contributed by atoms with Gasteiger partial charge in [-0.25, -0.2) is 4.98 Å². The molecule has 3 N–H and O–H groups in total. The van der Waals surface area contributed by atoms with E-state index in [-0.39, 0.29) is 24.4 Å². The molecule has 1 atom stereocenters. The van der Waals surface area contributed by atoms with Crippen LogP contribution in [-0.2, 0) is 17.6 Å². The highest BCUT2D eigenvalue weighted by Gasteiger charge is 2.21. The summed E-state index contributed by atoms with van der Waals surface area (Å²) in [6.07, 6.45) is 11.2. The number of nitrogens with two attached hydrogens (primary N) is 1. The van der Waals surface area contributed by atoms with Crippen molar-refractivity contribution in [2.24, 2.45) is 11.7 Å². The first kappa shape index (κ1) is 17.7. The fourth-order valence-electron chi connectivity index (χ4n) is 3.45. The molecule has 0 spiro atoms. The Kier molecular flexibility index (Phi) is 6.66. The smallest absolute Gasteiger partial charge is 0.226 e. The molecule has 2 aliphatic rings. The number of hydrogen-bond acceptors (Lipinski definition) is 4. The number of anilines is 1. The van der Waals surface area contributed by atoms with E-state index in [9.17, 15) is 4.79 Å². The third-order valence-electron chi connectivity index (χ3n) is 4.67. The van der Waals surface area contributed by atoms with Gasteiger partial charge in [-0.1, -0.05) is 25.7 Å². The lowest BCUT2D eigenvalue weighted by molar-refractivity contribution is -0.117.